The molecule has 0 unspecified atom stereocenters. The van der Waals surface area contributed by atoms with Crippen molar-refractivity contribution in [3.05, 3.63) is 42.0 Å². The van der Waals surface area contributed by atoms with Crippen molar-refractivity contribution in [1.82, 2.24) is 0 Å². The predicted octanol–water partition coefficient (Wildman–Crippen LogP) is 7.19. The van der Waals surface area contributed by atoms with Crippen LogP contribution in [0.5, 0.6) is 0 Å². The minimum absolute atomic E-state index is 0.0189. The highest BCUT2D eigenvalue weighted by molar-refractivity contribution is 7.88. The number of halogens is 6. The van der Waals surface area contributed by atoms with E-state index in [4.69, 9.17) is 9.29 Å². The van der Waals surface area contributed by atoms with Crippen molar-refractivity contribution < 1.29 is 44.0 Å². The molecule has 3 aliphatic carbocycles. The van der Waals surface area contributed by atoms with Crippen LogP contribution in [-0.2, 0) is 20.9 Å². The van der Waals surface area contributed by atoms with E-state index in [1.165, 1.54) is 24.8 Å². The van der Waals surface area contributed by atoms with Gasteiger partial charge in [0.15, 0.2) is 0 Å². The first-order valence-corrected chi connectivity index (χ1v) is 14.7. The van der Waals surface area contributed by atoms with Crippen LogP contribution in [0.1, 0.15) is 81.8 Å². The zero-order valence-corrected chi connectivity index (χ0v) is 22.6. The second-order valence-electron chi connectivity index (χ2n) is 11.6. The molecule has 0 spiro atoms. The Morgan fingerprint density at radius 2 is 1.79 bits per heavy atom. The number of fused-ring (bicyclic) bond motifs is 5. The Bertz CT molecular complexity index is 1170. The van der Waals surface area contributed by atoms with Crippen molar-refractivity contribution in [2.75, 3.05) is 11.3 Å². The summed E-state index contributed by atoms with van der Waals surface area (Å²) in [5.74, 6) is 0.883. The molecule has 5 nitrogen and oxygen atoms in total. The molecule has 2 saturated carbocycles. The summed E-state index contributed by atoms with van der Waals surface area (Å²) in [6.45, 7) is 5.99. The van der Waals surface area contributed by atoms with Gasteiger partial charge in [-0.3, -0.25) is 8.91 Å². The number of allylic oxidation sites excluding steroid dienone is 1. The third kappa shape index (κ3) is 5.45. The van der Waals surface area contributed by atoms with E-state index in [0.29, 0.717) is 17.3 Å². The summed E-state index contributed by atoms with van der Waals surface area (Å²) in [5, 5.41) is 9.17. The molecule has 0 radical (unpaired) electrons. The number of unbranched alkanes of at least 4 members (excludes halogenated alkanes) is 1. The fraction of sp³-hybridized carbons (Fsp3) is 0.704. The van der Waals surface area contributed by atoms with E-state index < -0.39 is 54.1 Å². The highest BCUT2D eigenvalue weighted by atomic mass is 32.2. The normalized spacial score (nSPS) is 29.3. The Morgan fingerprint density at radius 3 is 2.44 bits per heavy atom. The van der Waals surface area contributed by atoms with E-state index in [0.717, 1.165) is 31.2 Å². The van der Waals surface area contributed by atoms with Gasteiger partial charge in [-0.25, -0.2) is 0 Å². The van der Waals surface area contributed by atoms with Crippen LogP contribution in [0.4, 0.5) is 32.0 Å². The molecular formula is C27H35F6NO4S. The largest absolute Gasteiger partial charge is 0.426 e. The average Bonchev–Trinajstić information content (AvgIpc) is 3.24. The minimum Gasteiger partial charge on any atom is -0.374 e. The lowest BCUT2D eigenvalue weighted by molar-refractivity contribution is -0.370. The molecule has 0 heterocycles. The summed E-state index contributed by atoms with van der Waals surface area (Å²) in [5.41, 5.74) is -2.01. The van der Waals surface area contributed by atoms with Gasteiger partial charge in [-0.15, -0.1) is 6.58 Å². The number of aryl methyl sites for hydroxylation is 1. The summed E-state index contributed by atoms with van der Waals surface area (Å²) in [7, 11) is -4.37. The topological polar surface area (TPSA) is 75.6 Å². The third-order valence-electron chi connectivity index (χ3n) is 9.46. The molecule has 1 aromatic rings. The minimum atomic E-state index is -5.91. The molecule has 2 fully saturated rings. The maximum Gasteiger partial charge on any atom is 0.426 e. The first-order valence-electron chi connectivity index (χ1n) is 13.3. The molecular weight excluding hydrogens is 548 g/mol. The Morgan fingerprint density at radius 1 is 1.10 bits per heavy atom. The molecule has 0 aliphatic heterocycles. The molecule has 0 amide bonds. The molecule has 4 rings (SSSR count). The molecule has 0 bridgehead atoms. The van der Waals surface area contributed by atoms with Gasteiger partial charge in [-0.1, -0.05) is 25.5 Å². The molecule has 12 heteroatoms. The monoisotopic (exact) mass is 583 g/mol. The van der Waals surface area contributed by atoms with Crippen LogP contribution < -0.4 is 4.72 Å². The van der Waals surface area contributed by atoms with Crippen molar-refractivity contribution in [3.63, 3.8) is 0 Å². The van der Waals surface area contributed by atoms with Gasteiger partial charge in [0, 0.05) is 0 Å². The van der Waals surface area contributed by atoms with Crippen LogP contribution in [0.25, 0.3) is 0 Å². The van der Waals surface area contributed by atoms with Crippen LogP contribution >= 0.6 is 0 Å². The van der Waals surface area contributed by atoms with Crippen molar-refractivity contribution >= 4 is 16.0 Å². The summed E-state index contributed by atoms with van der Waals surface area (Å²) < 4.78 is 108. The standard InChI is InChI=1S/C27H35F6NO4S/c1-3-24-15-10-18-17-19(8-9-20(18)21(24)11-14-23(2)12-6-7-22(23)24)34-39(36,37)38-16-5-4-13-25(35,26(28,29)30)27(31,32)33/h3,8-9,17,21-22,34-35H,1,4-7,10-16H2,2H3/t21-,22-,23+,24-/m1/s1. The van der Waals surface area contributed by atoms with Gasteiger partial charge in [0.25, 0.3) is 5.60 Å². The van der Waals surface area contributed by atoms with Crippen LogP contribution in [0.15, 0.2) is 30.9 Å². The van der Waals surface area contributed by atoms with Gasteiger partial charge in [-0.2, -0.15) is 34.8 Å². The average molecular weight is 584 g/mol. The van der Waals surface area contributed by atoms with Crippen LogP contribution in [0.3, 0.4) is 0 Å². The molecule has 220 valence electrons. The number of alkyl halides is 6. The molecule has 39 heavy (non-hydrogen) atoms. The van der Waals surface area contributed by atoms with Crippen LogP contribution in [0, 0.1) is 16.7 Å². The Hall–Kier alpha value is -1.79. The van der Waals surface area contributed by atoms with E-state index in [-0.39, 0.29) is 11.1 Å². The number of anilines is 1. The highest BCUT2D eigenvalue weighted by Crippen LogP contribution is 2.67. The number of hydrogen-bond acceptors (Lipinski definition) is 4. The van der Waals surface area contributed by atoms with E-state index in [1.807, 2.05) is 6.07 Å². The SMILES string of the molecule is C=C[C@@]12CCc3cc(NS(=O)(=O)OCCCCC(O)(C(F)(F)F)C(F)(F)F)ccc3[C@H]1CC[C@]1(C)CCC[C@H]12. The van der Waals surface area contributed by atoms with Crippen molar-refractivity contribution in [1.29, 1.82) is 0 Å². The molecule has 4 atom stereocenters. The Balaban J connectivity index is 1.37. The van der Waals surface area contributed by atoms with Gasteiger partial charge in [-0.05, 0) is 104 Å². The smallest absolute Gasteiger partial charge is 0.374 e. The Kier molecular flexibility index (Phi) is 7.92. The number of nitrogens with one attached hydrogen (secondary N) is 1. The molecule has 3 aliphatic rings. The quantitative estimate of drug-likeness (QED) is 0.183. The number of aliphatic hydroxyl groups is 1. The number of hydrogen-bond donors (Lipinski definition) is 2. The summed E-state index contributed by atoms with van der Waals surface area (Å²) in [6.07, 6.45) is -4.99. The maximum absolute atomic E-state index is 12.8. The third-order valence-corrected chi connectivity index (χ3v) is 10.4. The van der Waals surface area contributed by atoms with E-state index in [9.17, 15) is 34.8 Å². The van der Waals surface area contributed by atoms with Gasteiger partial charge in [0.1, 0.15) is 0 Å². The second kappa shape index (κ2) is 10.2. The lowest BCUT2D eigenvalue weighted by Gasteiger charge is -2.56. The number of benzene rings is 1. The lowest BCUT2D eigenvalue weighted by atomic mass is 9.47. The fourth-order valence-electron chi connectivity index (χ4n) is 7.46. The summed E-state index contributed by atoms with van der Waals surface area (Å²) >= 11 is 0. The maximum atomic E-state index is 12.8. The lowest BCUT2D eigenvalue weighted by Crippen LogP contribution is -2.56. The van der Waals surface area contributed by atoms with Gasteiger partial charge >= 0.3 is 22.7 Å². The van der Waals surface area contributed by atoms with Gasteiger partial charge < -0.3 is 5.11 Å². The summed E-state index contributed by atoms with van der Waals surface area (Å²) in [6, 6.07) is 5.34. The molecule has 0 saturated heterocycles. The van der Waals surface area contributed by atoms with E-state index >= 15 is 0 Å². The van der Waals surface area contributed by atoms with Crippen molar-refractivity contribution in [3.8, 4) is 0 Å². The second-order valence-corrected chi connectivity index (χ2v) is 13.0. The zero-order chi connectivity index (χ0) is 28.9. The van der Waals surface area contributed by atoms with Crippen molar-refractivity contribution in [2.24, 2.45) is 16.7 Å². The molecule has 0 aromatic heterocycles. The van der Waals surface area contributed by atoms with E-state index in [2.05, 4.69) is 24.3 Å². The van der Waals surface area contributed by atoms with Crippen LogP contribution in [0.2, 0.25) is 0 Å². The first kappa shape index (κ1) is 30.2. The molecule has 1 aromatic carbocycles. The van der Waals surface area contributed by atoms with Gasteiger partial charge in [0.2, 0.25) is 0 Å². The van der Waals surface area contributed by atoms with Gasteiger partial charge in [0.05, 0.1) is 12.3 Å². The first-order chi connectivity index (χ1) is 18.0. The summed E-state index contributed by atoms with van der Waals surface area (Å²) in [4.78, 5) is 0. The van der Waals surface area contributed by atoms with Crippen molar-refractivity contribution in [2.45, 2.75) is 95.0 Å². The predicted molar refractivity (Wildman–Crippen MR) is 134 cm³/mol. The highest BCUT2D eigenvalue weighted by Gasteiger charge is 2.69. The zero-order valence-electron chi connectivity index (χ0n) is 21.8. The fourth-order valence-corrected chi connectivity index (χ4v) is 8.27. The Labute approximate surface area is 225 Å². The number of rotatable bonds is 9. The molecule has 2 N–H and O–H groups in total. The van der Waals surface area contributed by atoms with Crippen LogP contribution in [-0.4, -0.2) is 38.1 Å². The van der Waals surface area contributed by atoms with E-state index in [1.54, 1.807) is 12.1 Å².